The Morgan fingerprint density at radius 2 is 2.10 bits per heavy atom. The molecule has 2 rings (SSSR count). The molecule has 1 aliphatic heterocycles. The van der Waals surface area contributed by atoms with Gasteiger partial charge in [-0.2, -0.15) is 0 Å². The zero-order valence-corrected chi connectivity index (χ0v) is 14.5. The zero-order valence-electron chi connectivity index (χ0n) is 13.7. The summed E-state index contributed by atoms with van der Waals surface area (Å²) in [6.45, 7) is 12.1. The van der Waals surface area contributed by atoms with Gasteiger partial charge in [-0.15, -0.1) is 0 Å². The van der Waals surface area contributed by atoms with Crippen LogP contribution in [0.3, 0.4) is 0 Å². The van der Waals surface area contributed by atoms with Crippen LogP contribution in [0.1, 0.15) is 46.2 Å². The quantitative estimate of drug-likeness (QED) is 0.872. The normalized spacial score (nSPS) is 26.8. The molecule has 1 aromatic heterocycles. The first-order chi connectivity index (χ1) is 10.0. The van der Waals surface area contributed by atoms with Gasteiger partial charge in [0.05, 0.1) is 10.7 Å². The number of hydrogen-bond acceptors (Lipinski definition) is 3. The van der Waals surface area contributed by atoms with E-state index in [0.717, 1.165) is 54.4 Å². The number of aromatic nitrogens is 1. The van der Waals surface area contributed by atoms with Crippen molar-refractivity contribution in [3.63, 3.8) is 0 Å². The van der Waals surface area contributed by atoms with Crippen LogP contribution in [-0.2, 0) is 6.54 Å². The molecule has 4 heteroatoms. The van der Waals surface area contributed by atoms with Crippen LogP contribution in [0.4, 0.5) is 5.82 Å². The summed E-state index contributed by atoms with van der Waals surface area (Å²) in [5.41, 5.74) is 0.992. The summed E-state index contributed by atoms with van der Waals surface area (Å²) in [5, 5.41) is 4.11. The standard InChI is InChI=1S/C17H28ClN3/c1-5-8-19-17-7-6-15(18)16(20-17)11-21-10-12(2)9-13(3)14(21)4/h6-7,12-14H,5,8-11H2,1-4H3,(H,19,20). The van der Waals surface area contributed by atoms with Crippen LogP contribution in [-0.4, -0.2) is 29.0 Å². The third-order valence-electron chi connectivity index (χ3n) is 4.55. The number of piperidine rings is 1. The van der Waals surface area contributed by atoms with Crippen LogP contribution in [0, 0.1) is 11.8 Å². The average Bonchev–Trinajstić information content (AvgIpc) is 2.45. The molecule has 1 aromatic rings. The number of nitrogens with one attached hydrogen (secondary N) is 1. The van der Waals surface area contributed by atoms with E-state index in [1.54, 1.807) is 0 Å². The molecule has 2 heterocycles. The molecule has 3 nitrogen and oxygen atoms in total. The fraction of sp³-hybridized carbons (Fsp3) is 0.706. The third kappa shape index (κ3) is 4.33. The molecule has 3 atom stereocenters. The van der Waals surface area contributed by atoms with Crippen molar-refractivity contribution in [2.24, 2.45) is 11.8 Å². The molecule has 0 spiro atoms. The Hall–Kier alpha value is -0.800. The molecule has 0 aliphatic carbocycles. The van der Waals surface area contributed by atoms with Gasteiger partial charge >= 0.3 is 0 Å². The van der Waals surface area contributed by atoms with Gasteiger partial charge in [-0.3, -0.25) is 4.90 Å². The van der Waals surface area contributed by atoms with Gasteiger partial charge in [0, 0.05) is 25.7 Å². The summed E-state index contributed by atoms with van der Waals surface area (Å²) in [7, 11) is 0. The lowest BCUT2D eigenvalue weighted by Crippen LogP contribution is -2.45. The molecule has 0 amide bonds. The summed E-state index contributed by atoms with van der Waals surface area (Å²) >= 11 is 6.35. The molecule has 3 unspecified atom stereocenters. The highest BCUT2D eigenvalue weighted by Gasteiger charge is 2.29. The van der Waals surface area contributed by atoms with Crippen molar-refractivity contribution in [1.82, 2.24) is 9.88 Å². The second-order valence-corrected chi connectivity index (χ2v) is 6.95. The maximum atomic E-state index is 6.35. The summed E-state index contributed by atoms with van der Waals surface area (Å²) in [6.07, 6.45) is 2.41. The zero-order chi connectivity index (χ0) is 15.4. The summed E-state index contributed by atoms with van der Waals surface area (Å²) in [6, 6.07) is 4.52. The van der Waals surface area contributed by atoms with Gasteiger partial charge in [0.2, 0.25) is 0 Å². The topological polar surface area (TPSA) is 28.2 Å². The minimum absolute atomic E-state index is 0.589. The van der Waals surface area contributed by atoms with Gasteiger partial charge in [-0.05, 0) is 43.7 Å². The summed E-state index contributed by atoms with van der Waals surface area (Å²) in [5.74, 6) is 2.41. The van der Waals surface area contributed by atoms with Gasteiger partial charge in [0.1, 0.15) is 5.82 Å². The molecule has 118 valence electrons. The van der Waals surface area contributed by atoms with E-state index < -0.39 is 0 Å². The van der Waals surface area contributed by atoms with Crippen molar-refractivity contribution in [3.05, 3.63) is 22.8 Å². The lowest BCUT2D eigenvalue weighted by molar-refractivity contribution is 0.0719. The lowest BCUT2D eigenvalue weighted by Gasteiger charge is -2.41. The van der Waals surface area contributed by atoms with Crippen molar-refractivity contribution >= 4 is 17.4 Å². The number of likely N-dealkylation sites (tertiary alicyclic amines) is 1. The number of hydrogen-bond donors (Lipinski definition) is 1. The van der Waals surface area contributed by atoms with E-state index in [4.69, 9.17) is 16.6 Å². The number of rotatable bonds is 5. The highest BCUT2D eigenvalue weighted by Crippen LogP contribution is 2.29. The highest BCUT2D eigenvalue weighted by molar-refractivity contribution is 6.31. The van der Waals surface area contributed by atoms with Crippen molar-refractivity contribution in [3.8, 4) is 0 Å². The summed E-state index contributed by atoms with van der Waals surface area (Å²) < 4.78 is 0. The van der Waals surface area contributed by atoms with Crippen molar-refractivity contribution in [2.45, 2.75) is 53.1 Å². The first kappa shape index (κ1) is 16.6. The first-order valence-corrected chi connectivity index (χ1v) is 8.52. The van der Waals surface area contributed by atoms with Gasteiger partial charge < -0.3 is 5.32 Å². The molecule has 1 saturated heterocycles. The second kappa shape index (κ2) is 7.46. The lowest BCUT2D eigenvalue weighted by atomic mass is 9.86. The van der Waals surface area contributed by atoms with E-state index in [-0.39, 0.29) is 0 Å². The van der Waals surface area contributed by atoms with Crippen LogP contribution < -0.4 is 5.32 Å². The number of pyridine rings is 1. The summed E-state index contributed by atoms with van der Waals surface area (Å²) in [4.78, 5) is 7.23. The van der Waals surface area contributed by atoms with Gasteiger partial charge in [-0.1, -0.05) is 32.4 Å². The van der Waals surface area contributed by atoms with Crippen LogP contribution in [0.25, 0.3) is 0 Å². The molecule has 1 fully saturated rings. The molecular weight excluding hydrogens is 282 g/mol. The molecule has 1 aliphatic rings. The predicted octanol–water partition coefficient (Wildman–Crippen LogP) is 4.42. The molecule has 0 saturated carbocycles. The van der Waals surface area contributed by atoms with E-state index in [1.807, 2.05) is 12.1 Å². The molecule has 0 bridgehead atoms. The molecule has 0 aromatic carbocycles. The Morgan fingerprint density at radius 3 is 2.81 bits per heavy atom. The van der Waals surface area contributed by atoms with Crippen LogP contribution in [0.2, 0.25) is 5.02 Å². The highest BCUT2D eigenvalue weighted by atomic mass is 35.5. The third-order valence-corrected chi connectivity index (χ3v) is 4.89. The first-order valence-electron chi connectivity index (χ1n) is 8.14. The monoisotopic (exact) mass is 309 g/mol. The van der Waals surface area contributed by atoms with E-state index >= 15 is 0 Å². The Morgan fingerprint density at radius 1 is 1.33 bits per heavy atom. The van der Waals surface area contributed by atoms with Crippen molar-refractivity contribution in [2.75, 3.05) is 18.4 Å². The number of halogens is 1. The van der Waals surface area contributed by atoms with Gasteiger partial charge in [0.25, 0.3) is 0 Å². The number of anilines is 1. The predicted molar refractivity (Wildman–Crippen MR) is 90.8 cm³/mol. The van der Waals surface area contributed by atoms with Crippen LogP contribution >= 0.6 is 11.6 Å². The molecule has 21 heavy (non-hydrogen) atoms. The SMILES string of the molecule is CCCNc1ccc(Cl)c(CN2CC(C)CC(C)C2C)n1. The fourth-order valence-corrected chi connectivity index (χ4v) is 3.35. The van der Waals surface area contributed by atoms with Crippen LogP contribution in [0.5, 0.6) is 0 Å². The fourth-order valence-electron chi connectivity index (χ4n) is 3.18. The second-order valence-electron chi connectivity index (χ2n) is 6.54. The van der Waals surface area contributed by atoms with E-state index in [9.17, 15) is 0 Å². The van der Waals surface area contributed by atoms with Crippen molar-refractivity contribution < 1.29 is 0 Å². The Bertz CT molecular complexity index is 463. The maximum absolute atomic E-state index is 6.35. The molecule has 0 radical (unpaired) electrons. The number of nitrogens with zero attached hydrogens (tertiary/aromatic N) is 2. The van der Waals surface area contributed by atoms with E-state index in [1.165, 1.54) is 6.42 Å². The molecule has 1 N–H and O–H groups in total. The maximum Gasteiger partial charge on any atom is 0.126 e. The van der Waals surface area contributed by atoms with E-state index in [0.29, 0.717) is 6.04 Å². The van der Waals surface area contributed by atoms with Crippen LogP contribution in [0.15, 0.2) is 12.1 Å². The van der Waals surface area contributed by atoms with Crippen molar-refractivity contribution in [1.29, 1.82) is 0 Å². The van der Waals surface area contributed by atoms with E-state index in [2.05, 4.69) is 37.9 Å². The average molecular weight is 310 g/mol. The smallest absolute Gasteiger partial charge is 0.126 e. The molecular formula is C17H28ClN3. The Balaban J connectivity index is 2.10. The van der Waals surface area contributed by atoms with Gasteiger partial charge in [-0.25, -0.2) is 4.98 Å². The largest absolute Gasteiger partial charge is 0.370 e. The minimum atomic E-state index is 0.589. The Labute approximate surface area is 134 Å². The minimum Gasteiger partial charge on any atom is -0.370 e. The van der Waals surface area contributed by atoms with Gasteiger partial charge in [0.15, 0.2) is 0 Å². The Kier molecular flexibility index (Phi) is 5.88.